The Morgan fingerprint density at radius 3 is 2.52 bits per heavy atom. The van der Waals surface area contributed by atoms with Crippen molar-refractivity contribution in [3.63, 3.8) is 0 Å². The van der Waals surface area contributed by atoms with Gasteiger partial charge in [0, 0.05) is 32.3 Å². The summed E-state index contributed by atoms with van der Waals surface area (Å²) in [6.45, 7) is 9.13. The predicted molar refractivity (Wildman–Crippen MR) is 87.2 cm³/mol. The smallest absolute Gasteiger partial charge is 0.235 e. The Balaban J connectivity index is 2.07. The van der Waals surface area contributed by atoms with Crippen LogP contribution in [-0.4, -0.2) is 66.1 Å². The number of likely N-dealkylation sites (N-methyl/N-ethyl adjacent to an activating group) is 1. The molecule has 5 nitrogen and oxygen atoms in total. The van der Waals surface area contributed by atoms with Gasteiger partial charge in [-0.15, -0.1) is 0 Å². The van der Waals surface area contributed by atoms with Gasteiger partial charge in [0.15, 0.2) is 0 Å². The molecule has 2 heterocycles. The number of rotatable bonds is 5. The number of nitrogens with two attached hydrogens (primary N) is 1. The van der Waals surface area contributed by atoms with E-state index in [-0.39, 0.29) is 5.91 Å². The van der Waals surface area contributed by atoms with Crippen LogP contribution in [0, 0.1) is 5.41 Å². The second kappa shape index (κ2) is 7.03. The van der Waals surface area contributed by atoms with Crippen molar-refractivity contribution in [2.24, 2.45) is 11.1 Å². The Labute approximate surface area is 132 Å². The maximum absolute atomic E-state index is 13.0. The van der Waals surface area contributed by atoms with E-state index in [1.807, 2.05) is 4.90 Å². The summed E-state index contributed by atoms with van der Waals surface area (Å²) in [5.41, 5.74) is 5.26. The van der Waals surface area contributed by atoms with Gasteiger partial charge in [0.2, 0.25) is 5.91 Å². The third kappa shape index (κ3) is 3.22. The Bertz CT molecular complexity index is 392. The zero-order valence-corrected chi connectivity index (χ0v) is 14.0. The number of thiocarbonyl (C=S) groups is 1. The van der Waals surface area contributed by atoms with E-state index in [1.165, 1.54) is 0 Å². The molecule has 2 N–H and O–H groups in total. The van der Waals surface area contributed by atoms with E-state index in [2.05, 4.69) is 18.7 Å². The van der Waals surface area contributed by atoms with Crippen LogP contribution in [0.15, 0.2) is 0 Å². The molecule has 0 radical (unpaired) electrons. The van der Waals surface area contributed by atoms with Gasteiger partial charge in [-0.1, -0.05) is 26.1 Å². The van der Waals surface area contributed by atoms with Crippen LogP contribution in [0.4, 0.5) is 0 Å². The molecule has 1 unspecified atom stereocenters. The summed E-state index contributed by atoms with van der Waals surface area (Å²) < 4.78 is 5.39. The van der Waals surface area contributed by atoms with E-state index in [0.29, 0.717) is 37.1 Å². The molecule has 0 aromatic heterocycles. The van der Waals surface area contributed by atoms with E-state index in [9.17, 15) is 4.79 Å². The minimum atomic E-state index is -0.675. The molecule has 0 aliphatic carbocycles. The molecule has 0 spiro atoms. The molecule has 1 amide bonds. The van der Waals surface area contributed by atoms with Crippen LogP contribution in [0.3, 0.4) is 0 Å². The summed E-state index contributed by atoms with van der Waals surface area (Å²) in [4.78, 5) is 17.7. The van der Waals surface area contributed by atoms with Gasteiger partial charge in [0.25, 0.3) is 0 Å². The van der Waals surface area contributed by atoms with E-state index in [4.69, 9.17) is 22.7 Å². The Hall–Kier alpha value is -0.720. The zero-order valence-electron chi connectivity index (χ0n) is 13.1. The summed E-state index contributed by atoms with van der Waals surface area (Å²) in [5.74, 6) is 0.118. The molecule has 2 rings (SSSR count). The van der Waals surface area contributed by atoms with Crippen molar-refractivity contribution in [2.45, 2.75) is 39.2 Å². The van der Waals surface area contributed by atoms with Gasteiger partial charge in [-0.05, 0) is 32.4 Å². The number of nitrogens with zero attached hydrogens (tertiary/aromatic N) is 2. The molecule has 0 aromatic carbocycles. The number of amides is 1. The second-order valence-electron chi connectivity index (χ2n) is 5.97. The van der Waals surface area contributed by atoms with Gasteiger partial charge in [0.1, 0.15) is 5.41 Å². The lowest BCUT2D eigenvalue weighted by Gasteiger charge is -2.38. The first-order valence-electron chi connectivity index (χ1n) is 7.96. The first-order chi connectivity index (χ1) is 10.0. The summed E-state index contributed by atoms with van der Waals surface area (Å²) in [6, 6.07) is 0.465. The molecule has 2 aliphatic rings. The van der Waals surface area contributed by atoms with E-state index in [1.54, 1.807) is 0 Å². The Morgan fingerprint density at radius 1 is 1.38 bits per heavy atom. The van der Waals surface area contributed by atoms with Crippen LogP contribution < -0.4 is 5.73 Å². The Morgan fingerprint density at radius 2 is 2.00 bits per heavy atom. The number of carbonyl (C=O) groups excluding carboxylic acids is 1. The average molecular weight is 313 g/mol. The molecule has 2 aliphatic heterocycles. The van der Waals surface area contributed by atoms with Crippen molar-refractivity contribution in [2.75, 3.05) is 39.4 Å². The maximum Gasteiger partial charge on any atom is 0.235 e. The van der Waals surface area contributed by atoms with Gasteiger partial charge < -0.3 is 15.4 Å². The average Bonchev–Trinajstić information content (AvgIpc) is 2.98. The summed E-state index contributed by atoms with van der Waals surface area (Å²) in [6.07, 6.45) is 2.28. The topological polar surface area (TPSA) is 58.8 Å². The lowest BCUT2D eigenvalue weighted by Crippen LogP contribution is -2.53. The molecule has 120 valence electrons. The quantitative estimate of drug-likeness (QED) is 0.768. The van der Waals surface area contributed by atoms with E-state index in [0.717, 1.165) is 32.6 Å². The number of hydrogen-bond donors (Lipinski definition) is 1. The lowest BCUT2D eigenvalue weighted by atomic mass is 9.78. The molecule has 0 aromatic rings. The maximum atomic E-state index is 13.0. The third-order valence-corrected chi connectivity index (χ3v) is 5.40. The van der Waals surface area contributed by atoms with Crippen molar-refractivity contribution in [1.82, 2.24) is 9.80 Å². The first kappa shape index (κ1) is 16.6. The highest BCUT2D eigenvalue weighted by molar-refractivity contribution is 7.80. The van der Waals surface area contributed by atoms with Crippen LogP contribution in [0.2, 0.25) is 0 Å². The number of ether oxygens (including phenoxy) is 1. The van der Waals surface area contributed by atoms with Crippen LogP contribution in [0.5, 0.6) is 0 Å². The highest BCUT2D eigenvalue weighted by Gasteiger charge is 2.46. The summed E-state index contributed by atoms with van der Waals surface area (Å²) in [5, 5.41) is 0. The number of hydrogen-bond acceptors (Lipinski definition) is 4. The predicted octanol–water partition coefficient (Wildman–Crippen LogP) is 1.01. The standard InChI is InChI=1S/C15H27N3O2S/c1-3-17(4-2)12-5-8-18(11-12)14(19)15(13(16)21)6-9-20-10-7-15/h12H,3-11H2,1-2H3,(H2,16,21). The highest BCUT2D eigenvalue weighted by atomic mass is 32.1. The largest absolute Gasteiger partial charge is 0.392 e. The normalized spacial score (nSPS) is 25.3. The molecule has 1 atom stereocenters. The molecule has 6 heteroatoms. The van der Waals surface area contributed by atoms with Crippen LogP contribution in [-0.2, 0) is 9.53 Å². The molecular weight excluding hydrogens is 286 g/mol. The van der Waals surface area contributed by atoms with Gasteiger partial charge in [-0.3, -0.25) is 9.69 Å². The van der Waals surface area contributed by atoms with E-state index >= 15 is 0 Å². The van der Waals surface area contributed by atoms with Crippen LogP contribution >= 0.6 is 12.2 Å². The molecule has 0 saturated carbocycles. The van der Waals surface area contributed by atoms with Gasteiger partial charge in [-0.2, -0.15) is 0 Å². The SMILES string of the molecule is CCN(CC)C1CCN(C(=O)C2(C(N)=S)CCOCC2)C1. The van der Waals surface area contributed by atoms with Crippen LogP contribution in [0.1, 0.15) is 33.1 Å². The highest BCUT2D eigenvalue weighted by Crippen LogP contribution is 2.34. The molecule has 21 heavy (non-hydrogen) atoms. The van der Waals surface area contributed by atoms with Crippen molar-refractivity contribution in [3.05, 3.63) is 0 Å². The van der Waals surface area contributed by atoms with Gasteiger partial charge >= 0.3 is 0 Å². The van der Waals surface area contributed by atoms with Gasteiger partial charge in [-0.25, -0.2) is 0 Å². The number of carbonyl (C=O) groups is 1. The number of likely N-dealkylation sites (tertiary alicyclic amines) is 1. The first-order valence-corrected chi connectivity index (χ1v) is 8.37. The molecule has 2 fully saturated rings. The third-order valence-electron chi connectivity index (χ3n) is 5.01. The molecule has 0 bridgehead atoms. The minimum Gasteiger partial charge on any atom is -0.392 e. The zero-order chi connectivity index (χ0) is 15.5. The fourth-order valence-electron chi connectivity index (χ4n) is 3.55. The van der Waals surface area contributed by atoms with Gasteiger partial charge in [0.05, 0.1) is 4.99 Å². The summed E-state index contributed by atoms with van der Waals surface area (Å²) >= 11 is 5.23. The molecule has 2 saturated heterocycles. The monoisotopic (exact) mass is 313 g/mol. The van der Waals surface area contributed by atoms with E-state index < -0.39 is 5.41 Å². The lowest BCUT2D eigenvalue weighted by molar-refractivity contribution is -0.141. The fourth-order valence-corrected chi connectivity index (χ4v) is 3.84. The summed E-state index contributed by atoms with van der Waals surface area (Å²) in [7, 11) is 0. The second-order valence-corrected chi connectivity index (χ2v) is 6.41. The van der Waals surface area contributed by atoms with Crippen molar-refractivity contribution >= 4 is 23.1 Å². The van der Waals surface area contributed by atoms with Crippen molar-refractivity contribution in [3.8, 4) is 0 Å². The van der Waals surface area contributed by atoms with Crippen LogP contribution in [0.25, 0.3) is 0 Å². The minimum absolute atomic E-state index is 0.118. The van der Waals surface area contributed by atoms with Crippen molar-refractivity contribution in [1.29, 1.82) is 0 Å². The van der Waals surface area contributed by atoms with Crippen molar-refractivity contribution < 1.29 is 9.53 Å². The Kier molecular flexibility index (Phi) is 5.57. The fraction of sp³-hybridized carbons (Fsp3) is 0.867. The molecular formula is C15H27N3O2S.